The summed E-state index contributed by atoms with van der Waals surface area (Å²) in [6.45, 7) is 7.08. The highest BCUT2D eigenvalue weighted by molar-refractivity contribution is 6.35. The summed E-state index contributed by atoms with van der Waals surface area (Å²) in [4.78, 5) is 39.8. The van der Waals surface area contributed by atoms with Crippen molar-refractivity contribution in [2.45, 2.75) is 44.2 Å². The average molecular weight is 501 g/mol. The molecule has 3 rings (SSSR count). The third-order valence-electron chi connectivity index (χ3n) is 6.47. The molecule has 0 bridgehead atoms. The maximum atomic E-state index is 12.8. The van der Waals surface area contributed by atoms with Crippen molar-refractivity contribution in [2.75, 3.05) is 24.5 Å². The number of aliphatic hydroxyl groups excluding tert-OH is 1. The van der Waals surface area contributed by atoms with E-state index in [0.29, 0.717) is 43.1 Å². The monoisotopic (exact) mass is 500 g/mol. The van der Waals surface area contributed by atoms with Crippen LogP contribution in [-0.2, 0) is 9.59 Å². The van der Waals surface area contributed by atoms with E-state index in [0.717, 1.165) is 18.5 Å². The summed E-state index contributed by atoms with van der Waals surface area (Å²) in [5, 5.41) is 15.9. The maximum absolute atomic E-state index is 12.8. The first-order valence-corrected chi connectivity index (χ1v) is 12.2. The van der Waals surface area contributed by atoms with E-state index in [1.807, 2.05) is 6.07 Å². The van der Waals surface area contributed by atoms with Crippen LogP contribution in [-0.4, -0.2) is 54.0 Å². The highest BCUT2D eigenvalue weighted by atomic mass is 35.5. The Morgan fingerprint density at radius 2 is 1.97 bits per heavy atom. The minimum atomic E-state index is -1.13. The van der Waals surface area contributed by atoms with Crippen LogP contribution in [0, 0.1) is 5.92 Å². The Morgan fingerprint density at radius 3 is 2.57 bits per heavy atom. The fourth-order valence-electron chi connectivity index (χ4n) is 4.16. The molecule has 35 heavy (non-hydrogen) atoms. The summed E-state index contributed by atoms with van der Waals surface area (Å²) in [7, 11) is 0. The normalized spacial score (nSPS) is 18.4. The van der Waals surface area contributed by atoms with Crippen LogP contribution in [0.2, 0.25) is 5.02 Å². The van der Waals surface area contributed by atoms with Crippen molar-refractivity contribution in [1.82, 2.24) is 10.6 Å². The lowest BCUT2D eigenvalue weighted by Gasteiger charge is -2.35. The highest BCUT2D eigenvalue weighted by Crippen LogP contribution is 2.36. The molecule has 0 radical (unpaired) electrons. The van der Waals surface area contributed by atoms with E-state index in [1.54, 1.807) is 30.4 Å². The predicted octanol–water partition coefficient (Wildman–Crippen LogP) is 2.47. The van der Waals surface area contributed by atoms with Gasteiger partial charge in [0.05, 0.1) is 10.6 Å². The number of carbonyl (C=O) groups is 3. The van der Waals surface area contributed by atoms with E-state index in [-0.39, 0.29) is 23.3 Å². The third kappa shape index (κ3) is 6.52. The number of nitrogens with two attached hydrogens (primary N) is 1. The van der Waals surface area contributed by atoms with Crippen molar-refractivity contribution in [3.8, 4) is 0 Å². The Morgan fingerprint density at radius 1 is 1.29 bits per heavy atom. The molecular formula is C26H33ClN4O4. The molecule has 1 aromatic carbocycles. The number of amides is 2. The van der Waals surface area contributed by atoms with E-state index in [9.17, 15) is 19.5 Å². The zero-order valence-electron chi connectivity index (χ0n) is 19.9. The van der Waals surface area contributed by atoms with Gasteiger partial charge < -0.3 is 26.4 Å². The molecule has 1 saturated heterocycles. The molecule has 1 aliphatic heterocycles. The number of halogens is 1. The zero-order valence-corrected chi connectivity index (χ0v) is 20.7. The molecule has 1 atom stereocenters. The molecule has 1 aromatic rings. The summed E-state index contributed by atoms with van der Waals surface area (Å²) >= 11 is 6.28. The molecule has 2 fully saturated rings. The number of carbonyl (C=O) groups excluding carboxylic acids is 3. The van der Waals surface area contributed by atoms with Crippen LogP contribution in [0.5, 0.6) is 0 Å². The Bertz CT molecular complexity index is 1040. The van der Waals surface area contributed by atoms with Gasteiger partial charge in [0.1, 0.15) is 11.6 Å². The molecule has 188 valence electrons. The summed E-state index contributed by atoms with van der Waals surface area (Å²) in [6.07, 6.45) is 7.80. The fraction of sp³-hybridized carbons (Fsp3) is 0.423. The lowest BCUT2D eigenvalue weighted by molar-refractivity contribution is -0.128. The highest BCUT2D eigenvalue weighted by Gasteiger charge is 2.51. The van der Waals surface area contributed by atoms with Crippen molar-refractivity contribution < 1.29 is 19.5 Å². The summed E-state index contributed by atoms with van der Waals surface area (Å²) in [5.41, 5.74) is 5.72. The first-order valence-electron chi connectivity index (χ1n) is 11.8. The molecule has 0 spiro atoms. The molecule has 1 heterocycles. The van der Waals surface area contributed by atoms with Gasteiger partial charge in [0.15, 0.2) is 5.78 Å². The summed E-state index contributed by atoms with van der Waals surface area (Å²) in [6, 6.07) is 5.29. The molecule has 1 saturated carbocycles. The molecule has 5 N–H and O–H groups in total. The number of hydrogen-bond acceptors (Lipinski definition) is 6. The number of rotatable bonds is 10. The van der Waals surface area contributed by atoms with Gasteiger partial charge in [-0.15, -0.1) is 0 Å². The lowest BCUT2D eigenvalue weighted by Crippen LogP contribution is -2.50. The van der Waals surface area contributed by atoms with Crippen molar-refractivity contribution in [2.24, 2.45) is 11.7 Å². The van der Waals surface area contributed by atoms with Crippen LogP contribution in [0.1, 0.15) is 43.0 Å². The van der Waals surface area contributed by atoms with Crippen LogP contribution in [0.15, 0.2) is 54.8 Å². The molecule has 1 unspecified atom stereocenters. The van der Waals surface area contributed by atoms with Crippen molar-refractivity contribution in [3.05, 3.63) is 65.4 Å². The molecule has 2 amide bonds. The van der Waals surface area contributed by atoms with Crippen LogP contribution >= 0.6 is 11.6 Å². The van der Waals surface area contributed by atoms with Gasteiger partial charge in [-0.1, -0.05) is 36.4 Å². The number of ketones is 1. The second-order valence-electron chi connectivity index (χ2n) is 9.12. The summed E-state index contributed by atoms with van der Waals surface area (Å²) < 4.78 is 0. The molecule has 9 heteroatoms. The Balaban J connectivity index is 1.51. The van der Waals surface area contributed by atoms with Gasteiger partial charge in [-0.25, -0.2) is 0 Å². The van der Waals surface area contributed by atoms with Crippen molar-refractivity contribution in [3.63, 3.8) is 0 Å². The van der Waals surface area contributed by atoms with Crippen molar-refractivity contribution in [1.29, 1.82) is 0 Å². The Hall–Kier alpha value is -3.10. The van der Waals surface area contributed by atoms with E-state index in [2.05, 4.69) is 22.1 Å². The van der Waals surface area contributed by atoms with E-state index < -0.39 is 17.4 Å². The first-order chi connectivity index (χ1) is 16.7. The van der Waals surface area contributed by atoms with Gasteiger partial charge in [0, 0.05) is 30.9 Å². The lowest BCUT2D eigenvalue weighted by atomic mass is 9.95. The molecule has 0 aromatic heterocycles. The number of hydrogen-bond donors (Lipinski definition) is 4. The second-order valence-corrected chi connectivity index (χ2v) is 9.53. The summed E-state index contributed by atoms with van der Waals surface area (Å²) in [5.74, 6) is -0.674. The van der Waals surface area contributed by atoms with Crippen LogP contribution < -0.4 is 21.3 Å². The molecule has 8 nitrogen and oxygen atoms in total. The first kappa shape index (κ1) is 26.5. The maximum Gasteiger partial charge on any atom is 0.251 e. The number of piperidine rings is 1. The minimum absolute atomic E-state index is 0.174. The van der Waals surface area contributed by atoms with Gasteiger partial charge >= 0.3 is 0 Å². The number of aliphatic hydroxyl groups is 1. The van der Waals surface area contributed by atoms with Gasteiger partial charge in [-0.2, -0.15) is 0 Å². The smallest absolute Gasteiger partial charge is 0.251 e. The number of Topliss-reactive ketones (excluding diaryl/α,β-unsaturated/α-hetero) is 1. The Labute approximate surface area is 210 Å². The second kappa shape index (κ2) is 11.6. The quantitative estimate of drug-likeness (QED) is 0.222. The number of allylic oxidation sites excluding steroid dienone is 2. The number of nitrogens with one attached hydrogen (secondary N) is 2. The number of benzene rings is 1. The van der Waals surface area contributed by atoms with E-state index >= 15 is 0 Å². The standard InChI is InChI=1S/C26H33ClN4O4/c1-17(6-3-4-13-28)24(34)30-26(11-12-26)25(35)29-16-19-9-14-31(15-10-19)21-8-5-7-20(27)22(21)23(33)18(2)32/h3-8,13,18-19,32H,1,9-12,14-16,28H2,2H3,(H,29,35)(H,30,34)/b6-3-,13-4-. The van der Waals surface area contributed by atoms with Crippen molar-refractivity contribution >= 4 is 34.9 Å². The van der Waals surface area contributed by atoms with Crippen LogP contribution in [0.3, 0.4) is 0 Å². The van der Waals surface area contributed by atoms with E-state index in [1.165, 1.54) is 13.1 Å². The largest absolute Gasteiger partial charge is 0.405 e. The average Bonchev–Trinajstić information content (AvgIpc) is 3.62. The SMILES string of the molecule is C=C(/C=C\C=C/N)C(=O)NC1(C(=O)NCC2CCN(c3cccc(Cl)c3C(=O)C(C)O)CC2)CC1. The van der Waals surface area contributed by atoms with E-state index in [4.69, 9.17) is 17.3 Å². The van der Waals surface area contributed by atoms with Gasteiger partial charge in [-0.3, -0.25) is 14.4 Å². The molecule has 2 aliphatic rings. The predicted molar refractivity (Wildman–Crippen MR) is 137 cm³/mol. The number of nitrogens with zero attached hydrogens (tertiary/aromatic N) is 1. The zero-order chi connectivity index (χ0) is 25.6. The van der Waals surface area contributed by atoms with Gasteiger partial charge in [-0.05, 0) is 62.9 Å². The van der Waals surface area contributed by atoms with Crippen LogP contribution in [0.25, 0.3) is 0 Å². The van der Waals surface area contributed by atoms with Gasteiger partial charge in [0.25, 0.3) is 5.91 Å². The molecular weight excluding hydrogens is 468 g/mol. The molecule has 1 aliphatic carbocycles. The minimum Gasteiger partial charge on any atom is -0.405 e. The Kier molecular flexibility index (Phi) is 8.75. The number of anilines is 1. The fourth-order valence-corrected chi connectivity index (χ4v) is 4.42. The van der Waals surface area contributed by atoms with Crippen LogP contribution in [0.4, 0.5) is 5.69 Å². The third-order valence-corrected chi connectivity index (χ3v) is 6.79. The van der Waals surface area contributed by atoms with Gasteiger partial charge in [0.2, 0.25) is 5.91 Å². The topological polar surface area (TPSA) is 125 Å².